The van der Waals surface area contributed by atoms with Gasteiger partial charge in [0.15, 0.2) is 0 Å². The van der Waals surface area contributed by atoms with Crippen molar-refractivity contribution in [1.29, 1.82) is 0 Å². The van der Waals surface area contributed by atoms with Crippen molar-refractivity contribution in [1.82, 2.24) is 14.9 Å². The molecule has 1 rings (SSSR count). The lowest BCUT2D eigenvalue weighted by atomic mass is 10.2. The van der Waals surface area contributed by atoms with Crippen LogP contribution in [0.3, 0.4) is 0 Å². The summed E-state index contributed by atoms with van der Waals surface area (Å²) in [5, 5.41) is 0.360. The van der Waals surface area contributed by atoms with Gasteiger partial charge >= 0.3 is 0 Å². The predicted octanol–water partition coefficient (Wildman–Crippen LogP) is 1.07. The molecule has 0 aliphatic rings. The first-order chi connectivity index (χ1) is 7.97. The maximum atomic E-state index is 11.0. The molecule has 0 saturated carbocycles. The molecule has 0 bridgehead atoms. The van der Waals surface area contributed by atoms with Crippen LogP contribution < -0.4 is 5.73 Å². The first-order valence-electron chi connectivity index (χ1n) is 5.44. The molecule has 0 aliphatic heterocycles. The van der Waals surface area contributed by atoms with E-state index in [0.29, 0.717) is 17.6 Å². The molecular formula is C11H17ClN4O. The average molecular weight is 257 g/mol. The van der Waals surface area contributed by atoms with Gasteiger partial charge in [0.1, 0.15) is 5.15 Å². The Balaban J connectivity index is 2.64. The largest absolute Gasteiger partial charge is 0.369 e. The van der Waals surface area contributed by atoms with Crippen molar-refractivity contribution in [3.8, 4) is 0 Å². The highest BCUT2D eigenvalue weighted by Gasteiger charge is 2.11. The van der Waals surface area contributed by atoms with Crippen molar-refractivity contribution < 1.29 is 4.79 Å². The van der Waals surface area contributed by atoms with Crippen LogP contribution in [0.2, 0.25) is 5.15 Å². The molecule has 0 spiro atoms. The Morgan fingerprint density at radius 1 is 1.47 bits per heavy atom. The van der Waals surface area contributed by atoms with Crippen LogP contribution in [0.15, 0.2) is 12.4 Å². The van der Waals surface area contributed by atoms with Gasteiger partial charge in [0.05, 0.1) is 24.6 Å². The summed E-state index contributed by atoms with van der Waals surface area (Å²) in [6, 6.07) is 0. The molecule has 6 heteroatoms. The third kappa shape index (κ3) is 5.60. The van der Waals surface area contributed by atoms with Crippen LogP contribution in [0.25, 0.3) is 0 Å². The molecule has 0 aromatic carbocycles. The van der Waals surface area contributed by atoms with Gasteiger partial charge in [0.2, 0.25) is 5.91 Å². The number of amides is 1. The minimum atomic E-state index is -0.340. The number of carbonyl (C=O) groups is 1. The van der Waals surface area contributed by atoms with E-state index in [1.165, 1.54) is 6.20 Å². The van der Waals surface area contributed by atoms with Gasteiger partial charge in [0.25, 0.3) is 0 Å². The van der Waals surface area contributed by atoms with Crippen LogP contribution >= 0.6 is 11.6 Å². The zero-order valence-electron chi connectivity index (χ0n) is 10.1. The van der Waals surface area contributed by atoms with Gasteiger partial charge in [-0.25, -0.2) is 4.98 Å². The summed E-state index contributed by atoms with van der Waals surface area (Å²) in [4.78, 5) is 21.0. The van der Waals surface area contributed by atoms with Gasteiger partial charge in [-0.2, -0.15) is 0 Å². The minimum Gasteiger partial charge on any atom is -0.369 e. The van der Waals surface area contributed by atoms with Crippen LogP contribution in [-0.4, -0.2) is 33.9 Å². The van der Waals surface area contributed by atoms with Crippen LogP contribution in [0.5, 0.6) is 0 Å². The topological polar surface area (TPSA) is 72.1 Å². The van der Waals surface area contributed by atoms with Gasteiger partial charge in [-0.1, -0.05) is 25.4 Å². The quantitative estimate of drug-likeness (QED) is 0.827. The zero-order chi connectivity index (χ0) is 12.8. The molecule has 0 atom stereocenters. The van der Waals surface area contributed by atoms with Gasteiger partial charge in [0, 0.05) is 13.1 Å². The van der Waals surface area contributed by atoms with E-state index in [9.17, 15) is 4.79 Å². The normalized spacial score (nSPS) is 11.1. The van der Waals surface area contributed by atoms with Gasteiger partial charge in [-0.3, -0.25) is 14.7 Å². The Bertz CT molecular complexity index is 366. The standard InChI is InChI=1S/C11H17ClN4O/c1-8(2)5-16(7-11(13)17)6-9-3-15-10(12)4-14-9/h3-4,8H,5-7H2,1-2H3,(H2,13,17). The number of hydrogen-bond acceptors (Lipinski definition) is 4. The van der Waals surface area contributed by atoms with E-state index in [2.05, 4.69) is 23.8 Å². The van der Waals surface area contributed by atoms with E-state index in [-0.39, 0.29) is 12.5 Å². The van der Waals surface area contributed by atoms with E-state index in [1.54, 1.807) is 6.20 Å². The number of primary amides is 1. The highest BCUT2D eigenvalue weighted by atomic mass is 35.5. The maximum absolute atomic E-state index is 11.0. The first kappa shape index (κ1) is 13.9. The van der Waals surface area contributed by atoms with Gasteiger partial charge < -0.3 is 5.73 Å². The second-order valence-electron chi connectivity index (χ2n) is 4.36. The summed E-state index contributed by atoms with van der Waals surface area (Å²) in [6.07, 6.45) is 3.10. The van der Waals surface area contributed by atoms with Crippen molar-refractivity contribution in [2.24, 2.45) is 11.7 Å². The molecule has 1 aromatic heterocycles. The number of rotatable bonds is 6. The number of aromatic nitrogens is 2. The molecule has 17 heavy (non-hydrogen) atoms. The summed E-state index contributed by atoms with van der Waals surface area (Å²) in [5.41, 5.74) is 5.98. The number of hydrogen-bond donors (Lipinski definition) is 1. The molecule has 1 amide bonds. The molecular weight excluding hydrogens is 240 g/mol. The Labute approximate surface area is 106 Å². The lowest BCUT2D eigenvalue weighted by Crippen LogP contribution is -2.36. The lowest BCUT2D eigenvalue weighted by molar-refractivity contribution is -0.119. The van der Waals surface area contributed by atoms with Gasteiger partial charge in [-0.05, 0) is 5.92 Å². The minimum absolute atomic E-state index is 0.225. The summed E-state index contributed by atoms with van der Waals surface area (Å²) in [6.45, 7) is 5.73. The van der Waals surface area contributed by atoms with Crippen molar-refractivity contribution in [3.05, 3.63) is 23.2 Å². The molecule has 0 fully saturated rings. The molecule has 0 unspecified atom stereocenters. The third-order valence-electron chi connectivity index (χ3n) is 2.06. The summed E-state index contributed by atoms with van der Waals surface area (Å²) in [7, 11) is 0. The second kappa shape index (κ2) is 6.51. The summed E-state index contributed by atoms with van der Waals surface area (Å²) >= 11 is 5.66. The van der Waals surface area contributed by atoms with E-state index in [0.717, 1.165) is 12.2 Å². The Hall–Kier alpha value is -1.20. The van der Waals surface area contributed by atoms with Crippen molar-refractivity contribution in [2.75, 3.05) is 13.1 Å². The Morgan fingerprint density at radius 2 is 2.18 bits per heavy atom. The fourth-order valence-corrected chi connectivity index (χ4v) is 1.67. The summed E-state index contributed by atoms with van der Waals surface area (Å²) < 4.78 is 0. The summed E-state index contributed by atoms with van der Waals surface area (Å²) in [5.74, 6) is 0.113. The zero-order valence-corrected chi connectivity index (χ0v) is 10.8. The monoisotopic (exact) mass is 256 g/mol. The molecule has 0 radical (unpaired) electrons. The molecule has 1 heterocycles. The highest BCUT2D eigenvalue weighted by Crippen LogP contribution is 2.06. The van der Waals surface area contributed by atoms with E-state index in [4.69, 9.17) is 17.3 Å². The third-order valence-corrected chi connectivity index (χ3v) is 2.26. The van der Waals surface area contributed by atoms with E-state index in [1.807, 2.05) is 4.90 Å². The number of halogens is 1. The van der Waals surface area contributed by atoms with Crippen molar-refractivity contribution in [2.45, 2.75) is 20.4 Å². The second-order valence-corrected chi connectivity index (χ2v) is 4.75. The van der Waals surface area contributed by atoms with E-state index < -0.39 is 0 Å². The number of nitrogens with zero attached hydrogens (tertiary/aromatic N) is 3. The van der Waals surface area contributed by atoms with Crippen LogP contribution in [0.1, 0.15) is 19.5 Å². The first-order valence-corrected chi connectivity index (χ1v) is 5.82. The van der Waals surface area contributed by atoms with Crippen LogP contribution in [-0.2, 0) is 11.3 Å². The molecule has 0 saturated heterocycles. The Kier molecular flexibility index (Phi) is 5.31. The fourth-order valence-electron chi connectivity index (χ4n) is 1.57. The Morgan fingerprint density at radius 3 is 2.65 bits per heavy atom. The predicted molar refractivity (Wildman–Crippen MR) is 66.4 cm³/mol. The molecule has 94 valence electrons. The SMILES string of the molecule is CC(C)CN(CC(N)=O)Cc1cnc(Cl)cn1. The van der Waals surface area contributed by atoms with Crippen LogP contribution in [0.4, 0.5) is 0 Å². The average Bonchev–Trinajstić information content (AvgIpc) is 2.19. The molecule has 1 aromatic rings. The number of carbonyl (C=O) groups excluding carboxylic acids is 1. The van der Waals surface area contributed by atoms with Crippen LogP contribution in [0, 0.1) is 5.92 Å². The van der Waals surface area contributed by atoms with Gasteiger partial charge in [-0.15, -0.1) is 0 Å². The fraction of sp³-hybridized carbons (Fsp3) is 0.545. The van der Waals surface area contributed by atoms with E-state index >= 15 is 0 Å². The maximum Gasteiger partial charge on any atom is 0.231 e. The molecule has 5 nitrogen and oxygen atoms in total. The number of nitrogens with two attached hydrogens (primary N) is 1. The van der Waals surface area contributed by atoms with Crippen molar-refractivity contribution in [3.63, 3.8) is 0 Å². The molecule has 0 aliphatic carbocycles. The highest BCUT2D eigenvalue weighted by molar-refractivity contribution is 6.29. The molecule has 2 N–H and O–H groups in total. The van der Waals surface area contributed by atoms with Crippen molar-refractivity contribution >= 4 is 17.5 Å². The lowest BCUT2D eigenvalue weighted by Gasteiger charge is -2.22. The smallest absolute Gasteiger partial charge is 0.231 e.